The molecule has 0 spiro atoms. The summed E-state index contributed by atoms with van der Waals surface area (Å²) < 4.78 is 15.5. The first-order valence-electron chi connectivity index (χ1n) is 7.24. The van der Waals surface area contributed by atoms with Crippen molar-refractivity contribution >= 4 is 16.7 Å². The second kappa shape index (κ2) is 9.15. The van der Waals surface area contributed by atoms with E-state index in [9.17, 15) is 4.79 Å². The number of ether oxygens (including phenoxy) is 3. The summed E-state index contributed by atoms with van der Waals surface area (Å²) in [6, 6.07) is 13.3. The van der Waals surface area contributed by atoms with Crippen molar-refractivity contribution in [2.24, 2.45) is 0 Å². The molecule has 0 aromatic heterocycles. The van der Waals surface area contributed by atoms with Crippen molar-refractivity contribution in [3.8, 4) is 0 Å². The molecule has 0 amide bonds. The Hall–Kier alpha value is -1.95. The molecule has 5 heteroatoms. The summed E-state index contributed by atoms with van der Waals surface area (Å²) in [5.74, 6) is -0.350. The van der Waals surface area contributed by atoms with Gasteiger partial charge in [0.2, 0.25) is 0 Å². The first-order chi connectivity index (χ1) is 10.8. The van der Waals surface area contributed by atoms with Crippen LogP contribution >= 0.6 is 0 Å². The zero-order chi connectivity index (χ0) is 15.6. The lowest BCUT2D eigenvalue weighted by Gasteiger charge is -2.08. The van der Waals surface area contributed by atoms with Gasteiger partial charge in [-0.1, -0.05) is 36.4 Å². The highest BCUT2D eigenvalue weighted by Gasteiger charge is 2.10. The molecule has 5 nitrogen and oxygen atoms in total. The summed E-state index contributed by atoms with van der Waals surface area (Å²) in [6.45, 7) is 1.65. The first-order valence-corrected chi connectivity index (χ1v) is 7.24. The van der Waals surface area contributed by atoms with Gasteiger partial charge in [0.15, 0.2) is 0 Å². The van der Waals surface area contributed by atoms with Crippen LogP contribution in [-0.4, -0.2) is 50.7 Å². The van der Waals surface area contributed by atoms with Gasteiger partial charge in [-0.25, -0.2) is 4.79 Å². The summed E-state index contributed by atoms with van der Waals surface area (Å²) in [4.78, 5) is 12.1. The SMILES string of the molecule is O=C(OCCOCCOCCO)c1cccc2ccccc12. The van der Waals surface area contributed by atoms with E-state index in [-0.39, 0.29) is 19.2 Å². The molecule has 22 heavy (non-hydrogen) atoms. The number of hydrogen-bond acceptors (Lipinski definition) is 5. The Bertz CT molecular complexity index is 591. The predicted octanol–water partition coefficient (Wildman–Crippen LogP) is 2.02. The van der Waals surface area contributed by atoms with Gasteiger partial charge in [0, 0.05) is 0 Å². The Morgan fingerprint density at radius 2 is 1.55 bits per heavy atom. The Morgan fingerprint density at radius 1 is 0.864 bits per heavy atom. The molecule has 1 N–H and O–H groups in total. The minimum atomic E-state index is -0.350. The van der Waals surface area contributed by atoms with E-state index >= 15 is 0 Å². The molecule has 0 heterocycles. The van der Waals surface area contributed by atoms with E-state index in [0.29, 0.717) is 32.0 Å². The Labute approximate surface area is 129 Å². The molecule has 0 fully saturated rings. The number of aliphatic hydroxyl groups excluding tert-OH is 1. The summed E-state index contributed by atoms with van der Waals surface area (Å²) in [6.07, 6.45) is 0. The number of fused-ring (bicyclic) bond motifs is 1. The molecule has 0 saturated heterocycles. The van der Waals surface area contributed by atoms with Crippen molar-refractivity contribution < 1.29 is 24.1 Å². The van der Waals surface area contributed by atoms with Crippen LogP contribution in [0, 0.1) is 0 Å². The normalized spacial score (nSPS) is 10.8. The maximum atomic E-state index is 12.1. The van der Waals surface area contributed by atoms with Crippen LogP contribution in [0.1, 0.15) is 10.4 Å². The summed E-state index contributed by atoms with van der Waals surface area (Å²) in [5.41, 5.74) is 0.560. The molecule has 118 valence electrons. The van der Waals surface area contributed by atoms with Gasteiger partial charge in [-0.2, -0.15) is 0 Å². The van der Waals surface area contributed by atoms with Crippen LogP contribution in [0.25, 0.3) is 10.8 Å². The van der Waals surface area contributed by atoms with Crippen LogP contribution in [0.15, 0.2) is 42.5 Å². The van der Waals surface area contributed by atoms with Gasteiger partial charge in [-0.15, -0.1) is 0 Å². The second-order valence-electron chi connectivity index (χ2n) is 4.61. The van der Waals surface area contributed by atoms with Crippen LogP contribution in [0.2, 0.25) is 0 Å². The number of benzene rings is 2. The van der Waals surface area contributed by atoms with Gasteiger partial charge in [-0.05, 0) is 16.8 Å². The van der Waals surface area contributed by atoms with Gasteiger partial charge >= 0.3 is 5.97 Å². The van der Waals surface area contributed by atoms with E-state index in [4.69, 9.17) is 19.3 Å². The lowest BCUT2D eigenvalue weighted by Crippen LogP contribution is -2.13. The first kappa shape index (κ1) is 16.4. The van der Waals surface area contributed by atoms with Crippen molar-refractivity contribution in [3.05, 3.63) is 48.0 Å². The van der Waals surface area contributed by atoms with Gasteiger partial charge in [0.1, 0.15) is 6.61 Å². The van der Waals surface area contributed by atoms with Gasteiger partial charge in [-0.3, -0.25) is 0 Å². The van der Waals surface area contributed by atoms with Crippen molar-refractivity contribution in [2.75, 3.05) is 39.6 Å². The number of carbonyl (C=O) groups excluding carboxylic acids is 1. The fourth-order valence-corrected chi connectivity index (χ4v) is 2.06. The van der Waals surface area contributed by atoms with E-state index in [1.807, 2.05) is 36.4 Å². The van der Waals surface area contributed by atoms with Crippen molar-refractivity contribution in [1.29, 1.82) is 0 Å². The van der Waals surface area contributed by atoms with Gasteiger partial charge in [0.25, 0.3) is 0 Å². The zero-order valence-electron chi connectivity index (χ0n) is 12.4. The van der Waals surface area contributed by atoms with Crippen molar-refractivity contribution in [3.63, 3.8) is 0 Å². The molecule has 0 radical (unpaired) electrons. The van der Waals surface area contributed by atoms with E-state index in [0.717, 1.165) is 10.8 Å². The van der Waals surface area contributed by atoms with Crippen LogP contribution in [-0.2, 0) is 14.2 Å². The molecule has 0 atom stereocenters. The lowest BCUT2D eigenvalue weighted by molar-refractivity contribution is 0.00928. The average molecular weight is 304 g/mol. The average Bonchev–Trinajstić information content (AvgIpc) is 2.56. The minimum Gasteiger partial charge on any atom is -0.460 e. The second-order valence-corrected chi connectivity index (χ2v) is 4.61. The van der Waals surface area contributed by atoms with Crippen LogP contribution in [0.3, 0.4) is 0 Å². The fourth-order valence-electron chi connectivity index (χ4n) is 2.06. The molecule has 0 aliphatic heterocycles. The summed E-state index contributed by atoms with van der Waals surface area (Å²) in [7, 11) is 0. The molecule has 2 rings (SSSR count). The third-order valence-corrected chi connectivity index (χ3v) is 3.08. The highest BCUT2D eigenvalue weighted by molar-refractivity contribution is 6.04. The van der Waals surface area contributed by atoms with E-state index in [2.05, 4.69) is 0 Å². The fraction of sp³-hybridized carbons (Fsp3) is 0.353. The topological polar surface area (TPSA) is 65.0 Å². The Balaban J connectivity index is 1.75. The van der Waals surface area contributed by atoms with Crippen molar-refractivity contribution in [2.45, 2.75) is 0 Å². The number of carbonyl (C=O) groups is 1. The number of rotatable bonds is 9. The Kier molecular flexibility index (Phi) is 6.83. The molecule has 0 aliphatic rings. The number of hydrogen-bond donors (Lipinski definition) is 1. The van der Waals surface area contributed by atoms with E-state index in [1.54, 1.807) is 6.07 Å². The molecular weight excluding hydrogens is 284 g/mol. The zero-order valence-corrected chi connectivity index (χ0v) is 12.4. The standard InChI is InChI=1S/C17H20O5/c18-8-9-20-10-11-21-12-13-22-17(19)16-7-3-5-14-4-1-2-6-15(14)16/h1-7,18H,8-13H2. The highest BCUT2D eigenvalue weighted by Crippen LogP contribution is 2.19. The third kappa shape index (κ3) is 4.80. The number of esters is 1. The summed E-state index contributed by atoms with van der Waals surface area (Å²) >= 11 is 0. The number of aliphatic hydroxyl groups is 1. The summed E-state index contributed by atoms with van der Waals surface area (Å²) in [5, 5.41) is 10.4. The molecule has 0 bridgehead atoms. The predicted molar refractivity (Wildman–Crippen MR) is 83.0 cm³/mol. The quantitative estimate of drug-likeness (QED) is 0.567. The van der Waals surface area contributed by atoms with Crippen LogP contribution in [0.4, 0.5) is 0 Å². The van der Waals surface area contributed by atoms with Gasteiger partial charge < -0.3 is 19.3 Å². The van der Waals surface area contributed by atoms with Crippen LogP contribution in [0.5, 0.6) is 0 Å². The molecule has 0 aliphatic carbocycles. The molecule has 0 saturated carbocycles. The van der Waals surface area contributed by atoms with Crippen LogP contribution < -0.4 is 0 Å². The minimum absolute atomic E-state index is 0.00262. The smallest absolute Gasteiger partial charge is 0.338 e. The van der Waals surface area contributed by atoms with E-state index in [1.165, 1.54) is 0 Å². The molecule has 2 aromatic carbocycles. The maximum absolute atomic E-state index is 12.1. The Morgan fingerprint density at radius 3 is 2.36 bits per heavy atom. The largest absolute Gasteiger partial charge is 0.460 e. The van der Waals surface area contributed by atoms with Crippen molar-refractivity contribution in [1.82, 2.24) is 0 Å². The molecule has 0 unspecified atom stereocenters. The monoisotopic (exact) mass is 304 g/mol. The molecule has 2 aromatic rings. The third-order valence-electron chi connectivity index (χ3n) is 3.08. The van der Waals surface area contributed by atoms with Gasteiger partial charge in [0.05, 0.1) is 38.6 Å². The lowest BCUT2D eigenvalue weighted by atomic mass is 10.1. The highest BCUT2D eigenvalue weighted by atomic mass is 16.6. The molecular formula is C17H20O5. The van der Waals surface area contributed by atoms with E-state index < -0.39 is 0 Å². The maximum Gasteiger partial charge on any atom is 0.338 e.